The largest absolute Gasteiger partial charge is 0.355 e. The highest BCUT2D eigenvalue weighted by Gasteiger charge is 2.29. The zero-order valence-electron chi connectivity index (χ0n) is 10.4. The summed E-state index contributed by atoms with van der Waals surface area (Å²) in [5, 5.41) is 8.30. The lowest BCUT2D eigenvalue weighted by atomic mass is 10.2. The van der Waals surface area contributed by atoms with E-state index >= 15 is 0 Å². The van der Waals surface area contributed by atoms with Gasteiger partial charge in [-0.1, -0.05) is 11.2 Å². The Labute approximate surface area is 119 Å². The minimum Gasteiger partial charge on any atom is -0.355 e. The maximum Gasteiger partial charge on any atom is 0.273 e. The van der Waals surface area contributed by atoms with Gasteiger partial charge in [0.1, 0.15) is 0 Å². The Balaban J connectivity index is 1.69. The number of carbonyl (C=O) groups is 1. The second kappa shape index (κ2) is 5.02. The standard InChI is InChI=1S/C12H12N2O4S2/c15-12(13-8-3-5-20(16,17)7-8)9-6-10(18-14-9)11-2-1-4-19-11/h1-2,4,6,8H,3,5,7H2,(H,13,15)/t8-/m0/s1. The van der Waals surface area contributed by atoms with Crippen LogP contribution in [0, 0.1) is 0 Å². The minimum atomic E-state index is -3.01. The first kappa shape index (κ1) is 13.3. The molecule has 0 bridgehead atoms. The van der Waals surface area contributed by atoms with E-state index in [1.807, 2.05) is 17.5 Å². The lowest BCUT2D eigenvalue weighted by Crippen LogP contribution is -2.35. The summed E-state index contributed by atoms with van der Waals surface area (Å²) in [5.74, 6) is 0.244. The van der Waals surface area contributed by atoms with Gasteiger partial charge in [-0.25, -0.2) is 8.42 Å². The zero-order chi connectivity index (χ0) is 14.2. The van der Waals surface area contributed by atoms with E-state index in [0.29, 0.717) is 12.2 Å². The maximum absolute atomic E-state index is 12.0. The van der Waals surface area contributed by atoms with E-state index in [1.165, 1.54) is 11.3 Å². The van der Waals surface area contributed by atoms with Gasteiger partial charge >= 0.3 is 0 Å². The Bertz CT molecular complexity index is 718. The zero-order valence-corrected chi connectivity index (χ0v) is 12.0. The van der Waals surface area contributed by atoms with Crippen LogP contribution >= 0.6 is 11.3 Å². The van der Waals surface area contributed by atoms with Gasteiger partial charge in [0, 0.05) is 12.1 Å². The predicted molar refractivity (Wildman–Crippen MR) is 74.3 cm³/mol. The van der Waals surface area contributed by atoms with Crippen LogP contribution in [-0.4, -0.2) is 37.0 Å². The number of thiophene rings is 1. The second-order valence-corrected chi connectivity index (χ2v) is 7.80. The first-order chi connectivity index (χ1) is 9.53. The van der Waals surface area contributed by atoms with E-state index in [1.54, 1.807) is 6.07 Å². The molecule has 1 amide bonds. The Morgan fingerprint density at radius 3 is 3.00 bits per heavy atom. The van der Waals surface area contributed by atoms with Gasteiger partial charge in [0.05, 0.1) is 16.4 Å². The molecule has 2 aromatic rings. The molecule has 20 heavy (non-hydrogen) atoms. The lowest BCUT2D eigenvalue weighted by Gasteiger charge is -2.08. The molecule has 1 aliphatic rings. The summed E-state index contributed by atoms with van der Waals surface area (Å²) in [6.45, 7) is 0. The summed E-state index contributed by atoms with van der Waals surface area (Å²) >= 11 is 1.49. The van der Waals surface area contributed by atoms with Crippen molar-refractivity contribution < 1.29 is 17.7 Å². The maximum atomic E-state index is 12.0. The van der Waals surface area contributed by atoms with E-state index in [9.17, 15) is 13.2 Å². The number of rotatable bonds is 3. The van der Waals surface area contributed by atoms with Crippen LogP contribution in [0.4, 0.5) is 0 Å². The number of nitrogens with zero attached hydrogens (tertiary/aromatic N) is 1. The van der Waals surface area contributed by atoms with Gasteiger partial charge in [0.2, 0.25) is 0 Å². The highest BCUT2D eigenvalue weighted by Crippen LogP contribution is 2.25. The van der Waals surface area contributed by atoms with E-state index < -0.39 is 15.7 Å². The molecule has 0 unspecified atom stereocenters. The smallest absolute Gasteiger partial charge is 0.273 e. The van der Waals surface area contributed by atoms with Gasteiger partial charge in [0.15, 0.2) is 21.3 Å². The number of sulfone groups is 1. The van der Waals surface area contributed by atoms with Gasteiger partial charge in [-0.3, -0.25) is 4.79 Å². The third-order valence-electron chi connectivity index (χ3n) is 3.07. The first-order valence-electron chi connectivity index (χ1n) is 6.05. The molecule has 2 aromatic heterocycles. The molecular formula is C12H12N2O4S2. The molecule has 1 saturated heterocycles. The number of amides is 1. The predicted octanol–water partition coefficient (Wildman–Crippen LogP) is 1.32. The molecule has 1 N–H and O–H groups in total. The Morgan fingerprint density at radius 1 is 1.50 bits per heavy atom. The third kappa shape index (κ3) is 2.75. The van der Waals surface area contributed by atoms with Crippen molar-refractivity contribution in [3.05, 3.63) is 29.3 Å². The topological polar surface area (TPSA) is 89.3 Å². The summed E-state index contributed by atoms with van der Waals surface area (Å²) in [6, 6.07) is 4.97. The van der Waals surface area contributed by atoms with Crippen LogP contribution in [0.15, 0.2) is 28.1 Å². The number of carbonyl (C=O) groups excluding carboxylic acids is 1. The average Bonchev–Trinajstić information content (AvgIpc) is 3.08. The molecule has 106 valence electrons. The van der Waals surface area contributed by atoms with Crippen LogP contribution in [0.25, 0.3) is 10.6 Å². The molecule has 0 spiro atoms. The Morgan fingerprint density at radius 2 is 2.35 bits per heavy atom. The molecule has 6 nitrogen and oxygen atoms in total. The van der Waals surface area contributed by atoms with Crippen molar-refractivity contribution in [3.63, 3.8) is 0 Å². The van der Waals surface area contributed by atoms with Crippen molar-refractivity contribution in [1.82, 2.24) is 10.5 Å². The van der Waals surface area contributed by atoms with Gasteiger partial charge < -0.3 is 9.84 Å². The van der Waals surface area contributed by atoms with Crippen molar-refractivity contribution in [2.45, 2.75) is 12.5 Å². The fourth-order valence-corrected chi connectivity index (χ4v) is 4.43. The molecule has 1 atom stereocenters. The Kier molecular flexibility index (Phi) is 3.35. The van der Waals surface area contributed by atoms with Gasteiger partial charge in [0.25, 0.3) is 5.91 Å². The number of hydrogen-bond donors (Lipinski definition) is 1. The second-order valence-electron chi connectivity index (χ2n) is 4.63. The lowest BCUT2D eigenvalue weighted by molar-refractivity contribution is 0.0932. The minimum absolute atomic E-state index is 0.00558. The van der Waals surface area contributed by atoms with Crippen LogP contribution in [0.2, 0.25) is 0 Å². The summed E-state index contributed by atoms with van der Waals surface area (Å²) in [6.07, 6.45) is 0.448. The molecule has 0 aromatic carbocycles. The molecular weight excluding hydrogens is 300 g/mol. The Hall–Kier alpha value is -1.67. The van der Waals surface area contributed by atoms with Gasteiger partial charge in [-0.15, -0.1) is 11.3 Å². The summed E-state index contributed by atoms with van der Waals surface area (Å²) in [5.41, 5.74) is 0.165. The van der Waals surface area contributed by atoms with Crippen LogP contribution in [0.3, 0.4) is 0 Å². The fourth-order valence-electron chi connectivity index (χ4n) is 2.09. The van der Waals surface area contributed by atoms with Crippen LogP contribution < -0.4 is 5.32 Å². The number of nitrogens with one attached hydrogen (secondary N) is 1. The number of aromatic nitrogens is 1. The van der Waals surface area contributed by atoms with Gasteiger partial charge in [-0.05, 0) is 17.9 Å². The van der Waals surface area contributed by atoms with E-state index in [4.69, 9.17) is 4.52 Å². The quantitative estimate of drug-likeness (QED) is 0.923. The first-order valence-corrected chi connectivity index (χ1v) is 8.75. The molecule has 0 aliphatic carbocycles. The van der Waals surface area contributed by atoms with Crippen molar-refractivity contribution in [2.75, 3.05) is 11.5 Å². The van der Waals surface area contributed by atoms with Crippen molar-refractivity contribution in [1.29, 1.82) is 0 Å². The van der Waals surface area contributed by atoms with E-state index in [-0.39, 0.29) is 23.2 Å². The molecule has 3 rings (SSSR count). The number of hydrogen-bond acceptors (Lipinski definition) is 6. The molecule has 1 aliphatic heterocycles. The molecule has 1 fully saturated rings. The highest BCUT2D eigenvalue weighted by atomic mass is 32.2. The van der Waals surface area contributed by atoms with Crippen LogP contribution in [-0.2, 0) is 9.84 Å². The average molecular weight is 312 g/mol. The van der Waals surface area contributed by atoms with Crippen molar-refractivity contribution in [3.8, 4) is 10.6 Å². The van der Waals surface area contributed by atoms with Crippen molar-refractivity contribution >= 4 is 27.1 Å². The SMILES string of the molecule is O=C(N[C@H]1CCS(=O)(=O)C1)c1cc(-c2cccs2)on1. The fraction of sp³-hybridized carbons (Fsp3) is 0.333. The molecule has 8 heteroatoms. The molecule has 0 radical (unpaired) electrons. The molecule has 3 heterocycles. The summed E-state index contributed by atoms with van der Waals surface area (Å²) in [4.78, 5) is 12.9. The van der Waals surface area contributed by atoms with E-state index in [0.717, 1.165) is 4.88 Å². The van der Waals surface area contributed by atoms with Crippen LogP contribution in [0.5, 0.6) is 0 Å². The summed E-state index contributed by atoms with van der Waals surface area (Å²) < 4.78 is 27.8. The molecule has 0 saturated carbocycles. The highest BCUT2D eigenvalue weighted by molar-refractivity contribution is 7.91. The van der Waals surface area contributed by atoms with E-state index in [2.05, 4.69) is 10.5 Å². The normalized spacial score (nSPS) is 20.9. The van der Waals surface area contributed by atoms with Crippen LogP contribution in [0.1, 0.15) is 16.9 Å². The monoisotopic (exact) mass is 312 g/mol. The van der Waals surface area contributed by atoms with Gasteiger partial charge in [-0.2, -0.15) is 0 Å². The van der Waals surface area contributed by atoms with Crippen molar-refractivity contribution in [2.24, 2.45) is 0 Å². The third-order valence-corrected chi connectivity index (χ3v) is 5.73. The summed E-state index contributed by atoms with van der Waals surface area (Å²) in [7, 11) is -3.01.